The molecule has 0 radical (unpaired) electrons. The third-order valence-corrected chi connectivity index (χ3v) is 4.65. The standard InChI is InChI=1S/C18H22O3/c19-15(9-6-13-4-2-1-3-5-13)10-7-14-8-11-17-16(14)12-18(20)21-17/h1-5,7,10,14-17,19H,6,8-9,11-12H2/b10-7+/t14?,15?,16-,17+/m1/s1. The fraction of sp³-hybridized carbons (Fsp3) is 0.500. The lowest BCUT2D eigenvalue weighted by molar-refractivity contribution is -0.141. The molecule has 1 aliphatic heterocycles. The van der Waals surface area contributed by atoms with Crippen LogP contribution in [0.1, 0.15) is 31.2 Å². The third-order valence-electron chi connectivity index (χ3n) is 4.65. The van der Waals surface area contributed by atoms with Crippen molar-refractivity contribution in [3.8, 4) is 0 Å². The number of aliphatic hydroxyl groups excluding tert-OH is 1. The van der Waals surface area contributed by atoms with E-state index in [-0.39, 0.29) is 12.1 Å². The van der Waals surface area contributed by atoms with Gasteiger partial charge in [0.05, 0.1) is 12.5 Å². The van der Waals surface area contributed by atoms with Gasteiger partial charge in [0, 0.05) is 5.92 Å². The van der Waals surface area contributed by atoms with Crippen molar-refractivity contribution < 1.29 is 14.6 Å². The number of esters is 1. The summed E-state index contributed by atoms with van der Waals surface area (Å²) in [6.07, 6.45) is 7.88. The topological polar surface area (TPSA) is 46.5 Å². The predicted molar refractivity (Wildman–Crippen MR) is 80.6 cm³/mol. The van der Waals surface area contributed by atoms with Crippen LogP contribution in [0.3, 0.4) is 0 Å². The second-order valence-corrected chi connectivity index (χ2v) is 6.11. The van der Waals surface area contributed by atoms with Crippen molar-refractivity contribution in [2.75, 3.05) is 0 Å². The van der Waals surface area contributed by atoms with Gasteiger partial charge in [-0.3, -0.25) is 4.79 Å². The fourth-order valence-corrected chi connectivity index (χ4v) is 3.46. The third kappa shape index (κ3) is 3.53. The number of rotatable bonds is 5. The quantitative estimate of drug-likeness (QED) is 0.669. The molecule has 3 nitrogen and oxygen atoms in total. The van der Waals surface area contributed by atoms with Crippen molar-refractivity contribution in [1.82, 2.24) is 0 Å². The second-order valence-electron chi connectivity index (χ2n) is 6.11. The van der Waals surface area contributed by atoms with E-state index < -0.39 is 6.10 Å². The second kappa shape index (κ2) is 6.44. The Labute approximate surface area is 125 Å². The van der Waals surface area contributed by atoms with Crippen LogP contribution in [0.2, 0.25) is 0 Å². The molecule has 1 N–H and O–H groups in total. The van der Waals surface area contributed by atoms with E-state index in [1.165, 1.54) is 5.56 Å². The zero-order chi connectivity index (χ0) is 14.7. The van der Waals surface area contributed by atoms with Crippen LogP contribution in [0.15, 0.2) is 42.5 Å². The summed E-state index contributed by atoms with van der Waals surface area (Å²) in [5.74, 6) is 0.649. The number of allylic oxidation sites excluding steroid dienone is 1. The monoisotopic (exact) mass is 286 g/mol. The number of ether oxygens (including phenoxy) is 1. The Morgan fingerprint density at radius 1 is 1.29 bits per heavy atom. The highest BCUT2D eigenvalue weighted by atomic mass is 16.5. The molecule has 3 rings (SSSR count). The Bertz CT molecular complexity index is 508. The molecular formula is C18H22O3. The van der Waals surface area contributed by atoms with Crippen molar-refractivity contribution >= 4 is 5.97 Å². The maximum Gasteiger partial charge on any atom is 0.306 e. The van der Waals surface area contributed by atoms with E-state index in [1.807, 2.05) is 24.3 Å². The van der Waals surface area contributed by atoms with Crippen molar-refractivity contribution in [3.05, 3.63) is 48.0 Å². The predicted octanol–water partition coefficient (Wildman–Crippen LogP) is 2.88. The Morgan fingerprint density at radius 3 is 2.90 bits per heavy atom. The molecule has 2 fully saturated rings. The lowest BCUT2D eigenvalue weighted by atomic mass is 9.92. The summed E-state index contributed by atoms with van der Waals surface area (Å²) in [5.41, 5.74) is 1.25. The summed E-state index contributed by atoms with van der Waals surface area (Å²) in [6, 6.07) is 10.2. The van der Waals surface area contributed by atoms with Gasteiger partial charge in [0.1, 0.15) is 6.10 Å². The average molecular weight is 286 g/mol. The van der Waals surface area contributed by atoms with Gasteiger partial charge in [-0.05, 0) is 37.2 Å². The molecule has 4 atom stereocenters. The number of benzene rings is 1. The van der Waals surface area contributed by atoms with Crippen LogP contribution in [-0.2, 0) is 16.0 Å². The molecule has 3 heteroatoms. The van der Waals surface area contributed by atoms with Crippen molar-refractivity contribution in [2.45, 2.75) is 44.3 Å². The molecule has 1 aromatic rings. The van der Waals surface area contributed by atoms with Gasteiger partial charge in [-0.15, -0.1) is 0 Å². The number of aliphatic hydroxyl groups is 1. The Balaban J connectivity index is 1.48. The first-order chi connectivity index (χ1) is 10.2. The van der Waals surface area contributed by atoms with Gasteiger partial charge in [-0.2, -0.15) is 0 Å². The van der Waals surface area contributed by atoms with E-state index in [9.17, 15) is 9.90 Å². The summed E-state index contributed by atoms with van der Waals surface area (Å²) < 4.78 is 5.29. The van der Waals surface area contributed by atoms with E-state index in [4.69, 9.17) is 4.74 Å². The van der Waals surface area contributed by atoms with Crippen LogP contribution < -0.4 is 0 Å². The molecule has 2 unspecified atom stereocenters. The number of carbonyl (C=O) groups is 1. The molecule has 1 saturated carbocycles. The van der Waals surface area contributed by atoms with Crippen LogP contribution in [0.4, 0.5) is 0 Å². The minimum absolute atomic E-state index is 0.0623. The lowest BCUT2D eigenvalue weighted by Gasteiger charge is -2.12. The number of fused-ring (bicyclic) bond motifs is 1. The van der Waals surface area contributed by atoms with Gasteiger partial charge in [-0.25, -0.2) is 0 Å². The summed E-state index contributed by atoms with van der Waals surface area (Å²) in [7, 11) is 0. The summed E-state index contributed by atoms with van der Waals surface area (Å²) in [6.45, 7) is 0. The highest BCUT2D eigenvalue weighted by Gasteiger charge is 2.43. The normalized spacial score (nSPS) is 29.6. The number of hydrogen-bond donors (Lipinski definition) is 1. The maximum atomic E-state index is 11.3. The van der Waals surface area contributed by atoms with E-state index >= 15 is 0 Å². The molecule has 1 heterocycles. The number of hydrogen-bond acceptors (Lipinski definition) is 3. The molecule has 0 aromatic heterocycles. The zero-order valence-electron chi connectivity index (χ0n) is 12.2. The summed E-state index contributed by atoms with van der Waals surface area (Å²) >= 11 is 0. The first-order valence-electron chi connectivity index (χ1n) is 7.82. The van der Waals surface area contributed by atoms with Crippen LogP contribution in [0.5, 0.6) is 0 Å². The molecule has 21 heavy (non-hydrogen) atoms. The Kier molecular flexibility index (Phi) is 4.39. The molecule has 1 saturated heterocycles. The molecule has 2 aliphatic rings. The summed E-state index contributed by atoms with van der Waals surface area (Å²) in [5, 5.41) is 10.1. The zero-order valence-corrected chi connectivity index (χ0v) is 12.2. The highest BCUT2D eigenvalue weighted by Crippen LogP contribution is 2.41. The van der Waals surface area contributed by atoms with Gasteiger partial charge in [0.15, 0.2) is 0 Å². The largest absolute Gasteiger partial charge is 0.462 e. The van der Waals surface area contributed by atoms with Crippen molar-refractivity contribution in [2.24, 2.45) is 11.8 Å². The smallest absolute Gasteiger partial charge is 0.306 e. The van der Waals surface area contributed by atoms with E-state index in [1.54, 1.807) is 0 Å². The molecule has 0 bridgehead atoms. The van der Waals surface area contributed by atoms with E-state index in [0.29, 0.717) is 18.3 Å². The average Bonchev–Trinajstić information content (AvgIpc) is 3.03. The van der Waals surface area contributed by atoms with Crippen molar-refractivity contribution in [3.63, 3.8) is 0 Å². The fourth-order valence-electron chi connectivity index (χ4n) is 3.46. The van der Waals surface area contributed by atoms with Crippen LogP contribution in [0.25, 0.3) is 0 Å². The Hall–Kier alpha value is -1.61. The minimum atomic E-state index is -0.415. The molecule has 1 aromatic carbocycles. The van der Waals surface area contributed by atoms with Crippen LogP contribution in [0, 0.1) is 11.8 Å². The molecular weight excluding hydrogens is 264 g/mol. The van der Waals surface area contributed by atoms with Gasteiger partial charge in [-0.1, -0.05) is 42.5 Å². The SMILES string of the molecule is O=C1C[C@@H]2C(/C=C/C(O)CCc3ccccc3)CC[C@@H]2O1. The van der Waals surface area contributed by atoms with E-state index in [2.05, 4.69) is 18.2 Å². The maximum absolute atomic E-state index is 11.3. The number of aryl methyl sites for hydroxylation is 1. The van der Waals surface area contributed by atoms with Crippen LogP contribution >= 0.6 is 0 Å². The first kappa shape index (κ1) is 14.3. The van der Waals surface area contributed by atoms with Gasteiger partial charge >= 0.3 is 5.97 Å². The number of carbonyl (C=O) groups excluding carboxylic acids is 1. The lowest BCUT2D eigenvalue weighted by Crippen LogP contribution is -2.13. The van der Waals surface area contributed by atoms with Gasteiger partial charge in [0.25, 0.3) is 0 Å². The van der Waals surface area contributed by atoms with Crippen LogP contribution in [-0.4, -0.2) is 23.3 Å². The van der Waals surface area contributed by atoms with Gasteiger partial charge < -0.3 is 9.84 Å². The van der Waals surface area contributed by atoms with E-state index in [0.717, 1.165) is 25.7 Å². The first-order valence-corrected chi connectivity index (χ1v) is 7.82. The van der Waals surface area contributed by atoms with Gasteiger partial charge in [0.2, 0.25) is 0 Å². The Morgan fingerprint density at radius 2 is 2.10 bits per heavy atom. The van der Waals surface area contributed by atoms with Crippen molar-refractivity contribution in [1.29, 1.82) is 0 Å². The minimum Gasteiger partial charge on any atom is -0.462 e. The molecule has 112 valence electrons. The molecule has 1 aliphatic carbocycles. The molecule has 0 amide bonds. The molecule has 0 spiro atoms. The highest BCUT2D eigenvalue weighted by molar-refractivity contribution is 5.72. The summed E-state index contributed by atoms with van der Waals surface area (Å²) in [4.78, 5) is 11.3.